The molecule has 0 spiro atoms. The van der Waals surface area contributed by atoms with E-state index in [1.807, 2.05) is 12.3 Å². The highest BCUT2D eigenvalue weighted by Gasteiger charge is 2.37. The molecule has 1 saturated carbocycles. The monoisotopic (exact) mass is 446 g/mol. The van der Waals surface area contributed by atoms with Gasteiger partial charge in [0.2, 0.25) is 0 Å². The fraction of sp³-hybridized carbons (Fsp3) is 0.533. The second kappa shape index (κ2) is 12.7. The molecule has 0 N–H and O–H groups in total. The summed E-state index contributed by atoms with van der Waals surface area (Å²) in [4.78, 5) is 4.68. The Morgan fingerprint density at radius 1 is 1.15 bits per heavy atom. The molecule has 33 heavy (non-hydrogen) atoms. The smallest absolute Gasteiger partial charge is 0.102 e. The number of hydrogen-bond donors (Lipinski definition) is 0. The molecule has 0 amide bonds. The lowest BCUT2D eigenvalue weighted by atomic mass is 9.67. The first-order chi connectivity index (χ1) is 16.1. The van der Waals surface area contributed by atoms with Crippen LogP contribution in [0.25, 0.3) is 11.3 Å². The van der Waals surface area contributed by atoms with E-state index < -0.39 is 11.6 Å². The number of nitrogens with zero attached hydrogens (tertiary/aromatic N) is 2. The first-order valence-corrected chi connectivity index (χ1v) is 12.8. The van der Waals surface area contributed by atoms with Crippen LogP contribution in [0.3, 0.4) is 0 Å². The zero-order chi connectivity index (χ0) is 23.5. The number of unbranched alkanes of at least 4 members (excludes halogenated alkanes) is 3. The number of halogens is 1. The molecule has 1 aliphatic carbocycles. The Morgan fingerprint density at radius 2 is 1.91 bits per heavy atom. The second-order valence-corrected chi connectivity index (χ2v) is 9.82. The van der Waals surface area contributed by atoms with Crippen LogP contribution < -0.4 is 0 Å². The van der Waals surface area contributed by atoms with Crippen molar-refractivity contribution in [3.8, 4) is 17.3 Å². The van der Waals surface area contributed by atoms with Crippen molar-refractivity contribution in [1.29, 1.82) is 5.26 Å². The van der Waals surface area contributed by atoms with E-state index in [1.165, 1.54) is 24.0 Å². The van der Waals surface area contributed by atoms with Gasteiger partial charge in [0.05, 0.1) is 17.2 Å². The van der Waals surface area contributed by atoms with Crippen LogP contribution in [-0.4, -0.2) is 11.2 Å². The summed E-state index contributed by atoms with van der Waals surface area (Å²) in [6, 6.07) is 15.5. The lowest BCUT2D eigenvalue weighted by molar-refractivity contribution is 0.158. The first kappa shape index (κ1) is 25.2. The van der Waals surface area contributed by atoms with Crippen LogP contribution >= 0.6 is 0 Å². The number of hydrogen-bond acceptors (Lipinski definition) is 2. The van der Waals surface area contributed by atoms with E-state index >= 15 is 0 Å². The number of benzene rings is 1. The molecule has 2 nitrogen and oxygen atoms in total. The fourth-order valence-corrected chi connectivity index (χ4v) is 5.10. The molecule has 0 unspecified atom stereocenters. The Hall–Kier alpha value is -2.47. The standard InChI is InChI=1S/C30H39FN2/c1-3-5-7-8-9-24-11-16-29(33-22-24)27-14-12-25(13-15-27)26-17-19-30(23-32,20-18-26)21-28(31)10-6-4-2/h3,11-16,22,26,28H,1,4-10,17-21H2,2H3/t26-,28-,30-/m0/s1. The maximum Gasteiger partial charge on any atom is 0.102 e. The van der Waals surface area contributed by atoms with Crippen molar-refractivity contribution in [3.05, 3.63) is 66.4 Å². The van der Waals surface area contributed by atoms with Crippen molar-refractivity contribution in [2.75, 3.05) is 0 Å². The van der Waals surface area contributed by atoms with E-state index in [9.17, 15) is 9.65 Å². The van der Waals surface area contributed by atoms with Gasteiger partial charge in [-0.1, -0.05) is 56.2 Å². The highest BCUT2D eigenvalue weighted by Crippen LogP contribution is 2.46. The van der Waals surface area contributed by atoms with E-state index in [1.54, 1.807) is 0 Å². The van der Waals surface area contributed by atoms with Gasteiger partial charge < -0.3 is 0 Å². The summed E-state index contributed by atoms with van der Waals surface area (Å²) in [5.41, 5.74) is 4.28. The zero-order valence-electron chi connectivity index (χ0n) is 20.2. The maximum absolute atomic E-state index is 14.4. The highest BCUT2D eigenvalue weighted by molar-refractivity contribution is 5.59. The molecule has 3 heteroatoms. The number of alkyl halides is 1. The molecule has 1 aromatic heterocycles. The summed E-state index contributed by atoms with van der Waals surface area (Å²) >= 11 is 0. The van der Waals surface area contributed by atoms with E-state index in [0.29, 0.717) is 18.8 Å². The van der Waals surface area contributed by atoms with Crippen LogP contribution in [0.4, 0.5) is 4.39 Å². The van der Waals surface area contributed by atoms with Gasteiger partial charge in [0.1, 0.15) is 6.17 Å². The Balaban J connectivity index is 1.54. The summed E-state index contributed by atoms with van der Waals surface area (Å²) in [5.74, 6) is 0.458. The quantitative estimate of drug-likeness (QED) is 0.241. The van der Waals surface area contributed by atoms with E-state index in [-0.39, 0.29) is 0 Å². The lowest BCUT2D eigenvalue weighted by Crippen LogP contribution is -2.28. The molecule has 0 saturated heterocycles. The van der Waals surface area contributed by atoms with Crippen LogP contribution in [-0.2, 0) is 6.42 Å². The van der Waals surface area contributed by atoms with Crippen molar-refractivity contribution in [2.24, 2.45) is 5.41 Å². The fourth-order valence-electron chi connectivity index (χ4n) is 5.10. The summed E-state index contributed by atoms with van der Waals surface area (Å²) in [6.07, 6.45) is 14.1. The number of nitriles is 1. The molecule has 1 fully saturated rings. The Labute approximate surface area is 200 Å². The average molecular weight is 447 g/mol. The van der Waals surface area contributed by atoms with Gasteiger partial charge in [0.15, 0.2) is 0 Å². The zero-order valence-corrected chi connectivity index (χ0v) is 20.2. The molecule has 176 valence electrons. The summed E-state index contributed by atoms with van der Waals surface area (Å²) in [6.45, 7) is 5.86. The topological polar surface area (TPSA) is 36.7 Å². The molecule has 2 aromatic rings. The number of aryl methyl sites for hydroxylation is 1. The van der Waals surface area contributed by atoms with Gasteiger partial charge in [-0.15, -0.1) is 6.58 Å². The minimum atomic E-state index is -0.841. The Morgan fingerprint density at radius 3 is 2.52 bits per heavy atom. The van der Waals surface area contributed by atoms with Crippen molar-refractivity contribution >= 4 is 0 Å². The van der Waals surface area contributed by atoms with Crippen LogP contribution in [0.5, 0.6) is 0 Å². The van der Waals surface area contributed by atoms with Crippen LogP contribution in [0.2, 0.25) is 0 Å². The molecule has 0 radical (unpaired) electrons. The first-order valence-electron chi connectivity index (χ1n) is 12.8. The molecule has 3 rings (SSSR count). The third-order valence-electron chi connectivity index (χ3n) is 7.29. The molecular formula is C30H39FN2. The summed E-state index contributed by atoms with van der Waals surface area (Å²) in [7, 11) is 0. The van der Waals surface area contributed by atoms with E-state index in [0.717, 1.165) is 62.6 Å². The van der Waals surface area contributed by atoms with Gasteiger partial charge in [0, 0.05) is 11.8 Å². The molecule has 0 aliphatic heterocycles. The Bertz CT molecular complexity index is 886. The molecule has 1 atom stereocenters. The maximum atomic E-state index is 14.4. The van der Waals surface area contributed by atoms with Crippen molar-refractivity contribution < 1.29 is 4.39 Å². The highest BCUT2D eigenvalue weighted by atomic mass is 19.1. The lowest BCUT2D eigenvalue weighted by Gasteiger charge is -2.36. The van der Waals surface area contributed by atoms with E-state index in [4.69, 9.17) is 0 Å². The van der Waals surface area contributed by atoms with Crippen LogP contribution in [0.1, 0.15) is 94.6 Å². The van der Waals surface area contributed by atoms with Crippen molar-refractivity contribution in [1.82, 2.24) is 4.98 Å². The van der Waals surface area contributed by atoms with Gasteiger partial charge in [-0.2, -0.15) is 5.26 Å². The van der Waals surface area contributed by atoms with Gasteiger partial charge in [0.25, 0.3) is 0 Å². The number of allylic oxidation sites excluding steroid dienone is 1. The number of pyridine rings is 1. The summed E-state index contributed by atoms with van der Waals surface area (Å²) < 4.78 is 14.4. The SMILES string of the molecule is C=CCCCCc1ccc(-c2ccc([C@H]3CC[C@@](C#N)(C[C@@H](F)CCCC)CC3)cc2)nc1. The normalized spacial score (nSPS) is 21.3. The largest absolute Gasteiger partial charge is 0.256 e. The van der Waals surface area contributed by atoms with Gasteiger partial charge in [-0.25, -0.2) is 4.39 Å². The second-order valence-electron chi connectivity index (χ2n) is 9.82. The molecule has 1 aliphatic rings. The minimum absolute atomic E-state index is 0.408. The molecule has 1 heterocycles. The van der Waals surface area contributed by atoms with Gasteiger partial charge >= 0.3 is 0 Å². The predicted molar refractivity (Wildman–Crippen MR) is 136 cm³/mol. The van der Waals surface area contributed by atoms with E-state index in [2.05, 4.69) is 61.0 Å². The molecule has 0 bridgehead atoms. The number of aromatic nitrogens is 1. The third kappa shape index (κ3) is 7.26. The van der Waals surface area contributed by atoms with Crippen molar-refractivity contribution in [3.63, 3.8) is 0 Å². The van der Waals surface area contributed by atoms with Crippen LogP contribution in [0, 0.1) is 16.7 Å². The minimum Gasteiger partial charge on any atom is -0.256 e. The van der Waals surface area contributed by atoms with Gasteiger partial charge in [-0.05, 0) is 87.3 Å². The average Bonchev–Trinajstić information content (AvgIpc) is 2.86. The Kier molecular flexibility index (Phi) is 9.67. The third-order valence-corrected chi connectivity index (χ3v) is 7.29. The van der Waals surface area contributed by atoms with Gasteiger partial charge in [-0.3, -0.25) is 4.98 Å². The number of rotatable bonds is 12. The van der Waals surface area contributed by atoms with Crippen molar-refractivity contribution in [2.45, 2.75) is 96.1 Å². The predicted octanol–water partition coefficient (Wildman–Crippen LogP) is 8.73. The van der Waals surface area contributed by atoms with Crippen LogP contribution in [0.15, 0.2) is 55.3 Å². The summed E-state index contributed by atoms with van der Waals surface area (Å²) in [5, 5.41) is 9.80. The molecular weight excluding hydrogens is 407 g/mol. The molecule has 1 aromatic carbocycles.